The summed E-state index contributed by atoms with van der Waals surface area (Å²) in [7, 11) is 0.179. The van der Waals surface area contributed by atoms with Crippen molar-refractivity contribution in [3.05, 3.63) is 11.8 Å². The Labute approximate surface area is 184 Å². The number of amides is 4. The van der Waals surface area contributed by atoms with Crippen LogP contribution in [0.15, 0.2) is 11.8 Å². The molecule has 0 radical (unpaired) electrons. The molecular formula is C18H25N3O10P+. The molecule has 0 spiro atoms. The molecule has 13 nitrogen and oxygen atoms in total. The molecule has 32 heavy (non-hydrogen) atoms. The van der Waals surface area contributed by atoms with Crippen molar-refractivity contribution in [1.82, 2.24) is 10.6 Å². The summed E-state index contributed by atoms with van der Waals surface area (Å²) in [5, 5.41) is 4.57. The maximum absolute atomic E-state index is 12.8. The molecule has 0 aromatic rings. The van der Waals surface area contributed by atoms with Crippen LogP contribution in [0.2, 0.25) is 0 Å². The number of urea groups is 1. The molecule has 2 bridgehead atoms. The molecule has 0 aromatic carbocycles. The molecule has 3 rings (SSSR count). The number of ether oxygens (including phenoxy) is 4. The smallest absolute Gasteiger partial charge is 0.430 e. The van der Waals surface area contributed by atoms with Crippen LogP contribution in [-0.4, -0.2) is 99.1 Å². The minimum Gasteiger partial charge on any atom is -0.453 e. The van der Waals surface area contributed by atoms with Gasteiger partial charge in [-0.05, 0) is 0 Å². The van der Waals surface area contributed by atoms with Crippen LogP contribution in [0, 0.1) is 11.8 Å². The molecule has 14 heteroatoms. The van der Waals surface area contributed by atoms with E-state index in [2.05, 4.69) is 27.2 Å². The SMILES string of the molecule is COC[C@]12CO[C@@H](C1OP(C)(=O)O)[C@H]([N+]1(C)C=C(C#CCNC(=O)OC)C(=O)NC1=O)O2. The topological polar surface area (TPSA) is 159 Å². The summed E-state index contributed by atoms with van der Waals surface area (Å²) in [5.41, 5.74) is -1.25. The molecule has 2 fully saturated rings. The minimum absolute atomic E-state index is 0.0131. The first kappa shape index (κ1) is 24.3. The monoisotopic (exact) mass is 474 g/mol. The van der Waals surface area contributed by atoms with Gasteiger partial charge in [0.1, 0.15) is 17.9 Å². The molecule has 4 amide bonds. The first-order valence-corrected chi connectivity index (χ1v) is 11.5. The van der Waals surface area contributed by atoms with E-state index in [4.69, 9.17) is 18.7 Å². The van der Waals surface area contributed by atoms with Crippen LogP contribution in [0.5, 0.6) is 0 Å². The third kappa shape index (κ3) is 4.57. The van der Waals surface area contributed by atoms with E-state index in [9.17, 15) is 23.8 Å². The summed E-state index contributed by atoms with van der Waals surface area (Å²) in [6.45, 7) is 0.970. The Morgan fingerprint density at radius 1 is 1.47 bits per heavy atom. The summed E-state index contributed by atoms with van der Waals surface area (Å²) < 4.78 is 38.3. The van der Waals surface area contributed by atoms with Crippen molar-refractivity contribution in [3.8, 4) is 11.8 Å². The lowest BCUT2D eigenvalue weighted by molar-refractivity contribution is -0.840. The predicted octanol–water partition coefficient (Wildman–Crippen LogP) is -0.733. The molecule has 3 aliphatic heterocycles. The van der Waals surface area contributed by atoms with Crippen molar-refractivity contribution in [2.75, 3.05) is 47.7 Å². The maximum Gasteiger partial charge on any atom is 0.430 e. The summed E-state index contributed by atoms with van der Waals surface area (Å²) >= 11 is 0. The zero-order chi connectivity index (χ0) is 23.7. The fourth-order valence-electron chi connectivity index (χ4n) is 3.81. The molecule has 6 atom stereocenters. The molecule has 3 N–H and O–H groups in total. The van der Waals surface area contributed by atoms with Gasteiger partial charge >= 0.3 is 19.7 Å². The number of nitrogens with zero attached hydrogens (tertiary/aromatic N) is 1. The molecule has 3 aliphatic rings. The van der Waals surface area contributed by atoms with Crippen molar-refractivity contribution in [2.45, 2.75) is 24.0 Å². The molecule has 3 unspecified atom stereocenters. The number of fused-ring (bicyclic) bond motifs is 2. The molecule has 3 heterocycles. The average Bonchev–Trinajstić information content (AvgIpc) is 3.18. The van der Waals surface area contributed by atoms with Crippen molar-refractivity contribution < 1.29 is 51.8 Å². The minimum atomic E-state index is -3.93. The standard InChI is InChI=1S/C18H24N3O10P/c1-21(8-11(14(22)20-16(21)23)6-5-7-19-17(24)28-3)15-12-13(31-32(4,25)26)18(30-15,9-27-2)10-29-12/h8,12-13,15H,7,9-10H2,1-4H3,(H2-,19,20,22,23,24,25,26)/p+1/t12-,13?,15+,18-,21?/m0/s1. The Kier molecular flexibility index (Phi) is 6.78. The number of carbonyl (C=O) groups excluding carboxylic acids is 3. The molecule has 2 saturated heterocycles. The lowest BCUT2D eigenvalue weighted by atomic mass is 10.00. The van der Waals surface area contributed by atoms with Gasteiger partial charge < -0.3 is 29.2 Å². The lowest BCUT2D eigenvalue weighted by Gasteiger charge is -2.39. The highest BCUT2D eigenvalue weighted by Gasteiger charge is 2.70. The normalized spacial score (nSPS) is 35.3. The summed E-state index contributed by atoms with van der Waals surface area (Å²) in [6, 6.07) is -0.704. The van der Waals surface area contributed by atoms with Gasteiger partial charge in [0.25, 0.3) is 5.91 Å². The second-order valence-electron chi connectivity index (χ2n) is 7.71. The second-order valence-corrected chi connectivity index (χ2v) is 9.52. The van der Waals surface area contributed by atoms with Crippen LogP contribution in [0.4, 0.5) is 9.59 Å². The van der Waals surface area contributed by atoms with E-state index in [0.29, 0.717) is 0 Å². The second kappa shape index (κ2) is 8.92. The third-order valence-corrected chi connectivity index (χ3v) is 5.85. The number of hydrogen-bond donors (Lipinski definition) is 3. The van der Waals surface area contributed by atoms with Crippen LogP contribution in [-0.2, 0) is 32.8 Å². The first-order chi connectivity index (χ1) is 15.0. The molecule has 0 aromatic heterocycles. The summed E-state index contributed by atoms with van der Waals surface area (Å²) in [4.78, 5) is 45.9. The highest BCUT2D eigenvalue weighted by molar-refractivity contribution is 7.51. The highest BCUT2D eigenvalue weighted by atomic mass is 31.2. The largest absolute Gasteiger partial charge is 0.453 e. The van der Waals surface area contributed by atoms with E-state index in [1.54, 1.807) is 0 Å². The van der Waals surface area contributed by atoms with E-state index in [-0.39, 0.29) is 25.3 Å². The van der Waals surface area contributed by atoms with Crippen molar-refractivity contribution in [2.24, 2.45) is 0 Å². The van der Waals surface area contributed by atoms with E-state index < -0.39 is 54.1 Å². The number of carbonyl (C=O) groups is 3. The number of rotatable bonds is 6. The highest BCUT2D eigenvalue weighted by Crippen LogP contribution is 2.51. The van der Waals surface area contributed by atoms with E-state index in [1.165, 1.54) is 27.5 Å². The number of hydrogen-bond acceptors (Lipinski definition) is 9. The average molecular weight is 474 g/mol. The number of imide groups is 1. The zero-order valence-corrected chi connectivity index (χ0v) is 18.8. The van der Waals surface area contributed by atoms with Crippen LogP contribution in [0.25, 0.3) is 0 Å². The molecule has 176 valence electrons. The van der Waals surface area contributed by atoms with E-state index >= 15 is 0 Å². The van der Waals surface area contributed by atoms with Gasteiger partial charge in [0.05, 0.1) is 33.9 Å². The van der Waals surface area contributed by atoms with E-state index in [0.717, 1.165) is 6.66 Å². The first-order valence-electron chi connectivity index (χ1n) is 9.48. The summed E-state index contributed by atoms with van der Waals surface area (Å²) in [5.74, 6) is 4.48. The van der Waals surface area contributed by atoms with Gasteiger partial charge in [-0.15, -0.1) is 0 Å². The summed E-state index contributed by atoms with van der Waals surface area (Å²) in [6.07, 6.45) is -2.28. The maximum atomic E-state index is 12.8. The van der Waals surface area contributed by atoms with Gasteiger partial charge in [-0.3, -0.25) is 13.9 Å². The number of alkyl carbamates (subject to hydrolysis) is 1. The number of likely N-dealkylation sites (N-methyl/N-ethyl adjacent to an activating group) is 1. The van der Waals surface area contributed by atoms with Crippen LogP contribution in [0.1, 0.15) is 0 Å². The zero-order valence-electron chi connectivity index (χ0n) is 17.9. The number of quaternary nitrogens is 1. The number of methoxy groups -OCH3 is 2. The van der Waals surface area contributed by atoms with Gasteiger partial charge in [0, 0.05) is 13.8 Å². The van der Waals surface area contributed by atoms with Gasteiger partial charge in [-0.25, -0.2) is 14.9 Å². The van der Waals surface area contributed by atoms with Crippen molar-refractivity contribution >= 4 is 25.6 Å². The van der Waals surface area contributed by atoms with Gasteiger partial charge in [-0.2, -0.15) is 4.48 Å². The third-order valence-electron chi connectivity index (χ3n) is 5.23. The predicted molar refractivity (Wildman–Crippen MR) is 106 cm³/mol. The van der Waals surface area contributed by atoms with Crippen molar-refractivity contribution in [3.63, 3.8) is 0 Å². The molecular weight excluding hydrogens is 449 g/mol. The van der Waals surface area contributed by atoms with Crippen LogP contribution in [0.3, 0.4) is 0 Å². The fraction of sp³-hybridized carbons (Fsp3) is 0.611. The van der Waals surface area contributed by atoms with Crippen LogP contribution < -0.4 is 10.6 Å². The fourth-order valence-corrected chi connectivity index (χ4v) is 4.54. The molecule has 0 saturated carbocycles. The van der Waals surface area contributed by atoms with Gasteiger partial charge in [0.15, 0.2) is 11.7 Å². The Morgan fingerprint density at radius 2 is 2.19 bits per heavy atom. The molecule has 0 aliphatic carbocycles. The Hall–Kier alpha value is -2.30. The van der Waals surface area contributed by atoms with Gasteiger partial charge in [0.2, 0.25) is 6.23 Å². The van der Waals surface area contributed by atoms with Gasteiger partial charge in [-0.1, -0.05) is 11.8 Å². The lowest BCUT2D eigenvalue weighted by Crippen LogP contribution is -2.65. The van der Waals surface area contributed by atoms with E-state index in [1.807, 2.05) is 0 Å². The number of nitrogens with one attached hydrogen (secondary N) is 2. The Morgan fingerprint density at radius 3 is 2.81 bits per heavy atom. The quantitative estimate of drug-likeness (QED) is 0.254. The van der Waals surface area contributed by atoms with Crippen LogP contribution >= 0.6 is 7.60 Å². The van der Waals surface area contributed by atoms with Crippen molar-refractivity contribution in [1.29, 1.82) is 0 Å². The Balaban J connectivity index is 1.91. The Bertz CT molecular complexity index is 952.